The summed E-state index contributed by atoms with van der Waals surface area (Å²) in [6.07, 6.45) is 15.2. The van der Waals surface area contributed by atoms with Gasteiger partial charge in [-0.2, -0.15) is 0 Å². The van der Waals surface area contributed by atoms with E-state index in [1.165, 1.54) is 77.0 Å². The minimum atomic E-state index is -2.33. The second-order valence-electron chi connectivity index (χ2n) is 16.7. The number of rotatable bonds is 30. The molecule has 1 aromatic rings. The molecule has 1 aromatic carbocycles. The molecule has 1 unspecified atom stereocenters. The normalized spacial score (nSPS) is 21.6. The van der Waals surface area contributed by atoms with Gasteiger partial charge < -0.3 is 38.5 Å². The first kappa shape index (κ1) is 56.8. The predicted octanol–water partition coefficient (Wildman–Crippen LogP) is 13.5. The Labute approximate surface area is 410 Å². The number of hydrogen-bond donors (Lipinski definition) is 2. The summed E-state index contributed by atoms with van der Waals surface area (Å²) in [5.74, 6) is -1.97. The van der Waals surface area contributed by atoms with Crippen LogP contribution < -0.4 is 5.32 Å². The number of nitrogens with one attached hydrogen (secondary N) is 2. The molecule has 0 radical (unpaired) electrons. The molecule has 64 heavy (non-hydrogen) atoms. The van der Waals surface area contributed by atoms with E-state index in [1.54, 1.807) is 12.1 Å². The van der Waals surface area contributed by atoms with Gasteiger partial charge in [-0.05, 0) is 19.3 Å². The smallest absolute Gasteiger partial charge is 0.407 e. The number of alkyl halides is 6. The topological polar surface area (TPSA) is 152 Å². The van der Waals surface area contributed by atoms with Gasteiger partial charge in [-0.3, -0.25) is 15.0 Å². The molecule has 7 atom stereocenters. The first-order valence-electron chi connectivity index (χ1n) is 23.3. The number of alkyl carbamates (subject to hydrolysis) is 1. The first-order valence-corrected chi connectivity index (χ1v) is 25.6. The van der Waals surface area contributed by atoms with E-state index in [9.17, 15) is 14.4 Å². The molecule has 18 heteroatoms. The van der Waals surface area contributed by atoms with Crippen LogP contribution in [0, 0.1) is 5.41 Å². The quantitative estimate of drug-likeness (QED) is 0.0190. The third kappa shape index (κ3) is 23.5. The summed E-state index contributed by atoms with van der Waals surface area (Å²) in [6, 6.07) is 7.61. The molecule has 2 N–H and O–H groups in total. The van der Waals surface area contributed by atoms with Gasteiger partial charge in [-0.1, -0.05) is 229 Å². The number of unbranched alkanes of at least 4 members (excludes halogenated alkanes) is 18. The number of amides is 1. The van der Waals surface area contributed by atoms with E-state index in [2.05, 4.69) is 19.2 Å². The number of hydrogen-bond acceptors (Lipinski definition) is 11. The van der Waals surface area contributed by atoms with Crippen molar-refractivity contribution in [1.29, 1.82) is 5.41 Å². The van der Waals surface area contributed by atoms with Gasteiger partial charge in [-0.15, -0.1) is 0 Å². The van der Waals surface area contributed by atoms with E-state index in [-0.39, 0.29) is 25.4 Å². The molecular formula is C46H70Cl6N2O10. The Morgan fingerprint density at radius 3 is 1.83 bits per heavy atom. The number of fused-ring (bicyclic) bond motifs is 1. The first-order chi connectivity index (χ1) is 30.6. The Morgan fingerprint density at radius 2 is 1.28 bits per heavy atom. The van der Waals surface area contributed by atoms with E-state index in [4.69, 9.17) is 108 Å². The van der Waals surface area contributed by atoms with E-state index < -0.39 is 75.2 Å². The van der Waals surface area contributed by atoms with Gasteiger partial charge in [0.25, 0.3) is 3.79 Å². The Kier molecular flexibility index (Phi) is 28.0. The zero-order valence-corrected chi connectivity index (χ0v) is 42.0. The van der Waals surface area contributed by atoms with Crippen molar-refractivity contribution < 1.29 is 47.5 Å². The van der Waals surface area contributed by atoms with E-state index in [0.717, 1.165) is 44.9 Å². The maximum atomic E-state index is 14.1. The van der Waals surface area contributed by atoms with Crippen LogP contribution in [0.4, 0.5) is 4.79 Å². The summed E-state index contributed by atoms with van der Waals surface area (Å²) in [5.41, 5.74) is 0.666. The molecule has 2 aliphatic heterocycles. The van der Waals surface area contributed by atoms with Crippen LogP contribution in [-0.4, -0.2) is 81.5 Å². The van der Waals surface area contributed by atoms with Crippen molar-refractivity contribution in [3.05, 3.63) is 35.9 Å². The molecule has 366 valence electrons. The van der Waals surface area contributed by atoms with Gasteiger partial charge in [0.05, 0.1) is 13.0 Å². The lowest BCUT2D eigenvalue weighted by molar-refractivity contribution is -0.336. The van der Waals surface area contributed by atoms with Crippen molar-refractivity contribution in [2.24, 2.45) is 0 Å². The fourth-order valence-electron chi connectivity index (χ4n) is 7.70. The standard InChI is InChI=1S/C46H70Cl6N2O10/c1-3-5-7-9-11-13-14-16-18-20-25-29-36(55)60-34(28-24-19-17-15-12-10-8-6-4-2)30-37(56)62-40-38(54-44(57)59-32-45(47,48)49)42(64-43(53)46(50,51)52)61-35-31-58-41(63-39(35)40)33-26-22-21-23-27-33/h21-23,26-27,34-35,38-42,53H,3-20,24-25,28-32H2,1-2H3,(H,54,57)/t34-,35-,38-,39-,40-,41-,42?/m1/s1. The lowest BCUT2D eigenvalue weighted by Gasteiger charge is -2.48. The van der Waals surface area contributed by atoms with Gasteiger partial charge in [0.2, 0.25) is 16.0 Å². The van der Waals surface area contributed by atoms with Crippen LogP contribution in [0.2, 0.25) is 0 Å². The Morgan fingerprint density at radius 1 is 0.734 bits per heavy atom. The molecule has 0 bridgehead atoms. The third-order valence-electron chi connectivity index (χ3n) is 11.1. The molecule has 3 rings (SSSR count). The van der Waals surface area contributed by atoms with E-state index in [1.807, 2.05) is 18.2 Å². The number of halogens is 6. The molecule has 1 amide bonds. The largest absolute Gasteiger partial charge is 0.462 e. The van der Waals surface area contributed by atoms with Crippen molar-refractivity contribution in [3.8, 4) is 0 Å². The van der Waals surface area contributed by atoms with Crippen LogP contribution in [0.1, 0.15) is 173 Å². The summed E-state index contributed by atoms with van der Waals surface area (Å²) < 4.78 is 37.2. The summed E-state index contributed by atoms with van der Waals surface area (Å²) in [4.78, 5) is 40.6. The number of ether oxygens (including phenoxy) is 7. The molecule has 0 spiro atoms. The van der Waals surface area contributed by atoms with Crippen LogP contribution in [0.15, 0.2) is 30.3 Å². The van der Waals surface area contributed by atoms with Crippen LogP contribution in [0.25, 0.3) is 0 Å². The van der Waals surface area contributed by atoms with Crippen LogP contribution in [0.5, 0.6) is 0 Å². The molecule has 12 nitrogen and oxygen atoms in total. The van der Waals surface area contributed by atoms with Gasteiger partial charge >= 0.3 is 18.0 Å². The van der Waals surface area contributed by atoms with Crippen LogP contribution >= 0.6 is 69.6 Å². The fraction of sp³-hybridized carbons (Fsp3) is 0.783. The van der Waals surface area contributed by atoms with Crippen LogP contribution in [-0.2, 0) is 42.7 Å². The fourth-order valence-corrected chi connectivity index (χ4v) is 8.00. The highest BCUT2D eigenvalue weighted by Crippen LogP contribution is 2.38. The maximum Gasteiger partial charge on any atom is 0.407 e. The summed E-state index contributed by atoms with van der Waals surface area (Å²) in [6.45, 7) is 3.70. The second-order valence-corrected chi connectivity index (χ2v) is 21.5. The molecule has 2 aliphatic rings. The Hall–Kier alpha value is -1.48. The van der Waals surface area contributed by atoms with Crippen molar-refractivity contribution in [3.63, 3.8) is 0 Å². The second kappa shape index (κ2) is 31.5. The monoisotopic (exact) mass is 1020 g/mol. The molecule has 0 aromatic heterocycles. The number of esters is 2. The predicted molar refractivity (Wildman–Crippen MR) is 254 cm³/mol. The molecule has 2 heterocycles. The number of benzene rings is 1. The Bertz CT molecular complexity index is 1490. The summed E-state index contributed by atoms with van der Waals surface area (Å²) in [5, 5.41) is 10.9. The lowest BCUT2D eigenvalue weighted by Crippen LogP contribution is -2.68. The van der Waals surface area contributed by atoms with Crippen LogP contribution in [0.3, 0.4) is 0 Å². The highest BCUT2D eigenvalue weighted by molar-refractivity contribution is 6.76. The zero-order chi connectivity index (χ0) is 46.8. The molecule has 2 fully saturated rings. The zero-order valence-electron chi connectivity index (χ0n) is 37.5. The van der Waals surface area contributed by atoms with Gasteiger partial charge in [0, 0.05) is 12.0 Å². The molecule has 0 aliphatic carbocycles. The third-order valence-corrected chi connectivity index (χ3v) is 12.0. The van der Waals surface area contributed by atoms with Gasteiger partial charge in [0.15, 0.2) is 12.4 Å². The van der Waals surface area contributed by atoms with Gasteiger partial charge in [-0.25, -0.2) is 4.79 Å². The SMILES string of the molecule is CCCCCCCCCCCCCC(=O)O[C@H](CCCCCCCCCCC)CC(=O)O[C@H]1[C@@H]2O[C@H](c3ccccc3)OC[C@H]2OC(OC(=N)C(Cl)(Cl)Cl)[C@@H]1NC(=O)OCC(Cl)(Cl)Cl. The Balaban J connectivity index is 1.77. The van der Waals surface area contributed by atoms with E-state index in [0.29, 0.717) is 18.4 Å². The molecular weight excluding hydrogens is 953 g/mol. The van der Waals surface area contributed by atoms with Crippen molar-refractivity contribution >= 4 is 93.5 Å². The summed E-state index contributed by atoms with van der Waals surface area (Å²) in [7, 11) is 0. The minimum Gasteiger partial charge on any atom is -0.462 e. The van der Waals surface area contributed by atoms with Gasteiger partial charge in [0.1, 0.15) is 31.0 Å². The lowest BCUT2D eigenvalue weighted by atomic mass is 9.95. The minimum absolute atomic E-state index is 0.0818. The number of carbonyl (C=O) groups is 3. The summed E-state index contributed by atoms with van der Waals surface area (Å²) >= 11 is 35.4. The van der Waals surface area contributed by atoms with Crippen molar-refractivity contribution in [2.45, 2.75) is 212 Å². The average Bonchev–Trinajstić information content (AvgIpc) is 3.24. The number of carbonyl (C=O) groups excluding carboxylic acids is 3. The highest BCUT2D eigenvalue weighted by Gasteiger charge is 2.54. The highest BCUT2D eigenvalue weighted by atomic mass is 35.6. The van der Waals surface area contributed by atoms with Crippen molar-refractivity contribution in [1.82, 2.24) is 5.32 Å². The molecule has 2 saturated heterocycles. The average molecular weight is 1020 g/mol. The van der Waals surface area contributed by atoms with E-state index >= 15 is 0 Å². The maximum absolute atomic E-state index is 14.1. The van der Waals surface area contributed by atoms with Crippen molar-refractivity contribution in [2.75, 3.05) is 13.2 Å². The molecule has 0 saturated carbocycles.